The topological polar surface area (TPSA) is 67.6 Å². The first kappa shape index (κ1) is 14.8. The van der Waals surface area contributed by atoms with E-state index in [1.807, 2.05) is 6.92 Å². The van der Waals surface area contributed by atoms with Crippen LogP contribution in [0.1, 0.15) is 39.0 Å². The maximum Gasteiger partial charge on any atom is 0.237 e. The second-order valence-corrected chi connectivity index (χ2v) is 5.71. The second kappa shape index (κ2) is 7.22. The van der Waals surface area contributed by atoms with Crippen molar-refractivity contribution in [2.24, 2.45) is 5.73 Å². The van der Waals surface area contributed by atoms with Gasteiger partial charge in [-0.2, -0.15) is 0 Å². The Hall–Kier alpha value is -0.650. The van der Waals surface area contributed by atoms with Crippen LogP contribution in [0.5, 0.6) is 0 Å². The van der Waals surface area contributed by atoms with Crippen molar-refractivity contribution in [3.05, 3.63) is 0 Å². The minimum atomic E-state index is -0.00871. The zero-order valence-electron chi connectivity index (χ0n) is 11.9. The predicted octanol–water partition coefficient (Wildman–Crippen LogP) is 0.483. The highest BCUT2D eigenvalue weighted by Gasteiger charge is 2.30. The van der Waals surface area contributed by atoms with Crippen molar-refractivity contribution < 1.29 is 9.53 Å². The number of piperidine rings is 1. The van der Waals surface area contributed by atoms with Gasteiger partial charge in [0, 0.05) is 25.7 Å². The molecule has 0 aromatic rings. The van der Waals surface area contributed by atoms with Crippen LogP contribution in [0, 0.1) is 0 Å². The van der Waals surface area contributed by atoms with Gasteiger partial charge in [-0.15, -0.1) is 0 Å². The molecule has 1 saturated carbocycles. The molecule has 2 fully saturated rings. The number of nitrogens with one attached hydrogen (secondary N) is 1. The number of nitrogens with zero attached hydrogens (tertiary/aromatic N) is 1. The molecule has 5 heteroatoms. The molecule has 0 aromatic heterocycles. The zero-order valence-corrected chi connectivity index (χ0v) is 11.9. The Morgan fingerprint density at radius 1 is 1.37 bits per heavy atom. The van der Waals surface area contributed by atoms with E-state index in [0.29, 0.717) is 18.7 Å². The van der Waals surface area contributed by atoms with Crippen molar-refractivity contribution in [2.45, 2.75) is 57.2 Å². The molecular formula is C14H27N3O2. The molecule has 5 nitrogen and oxygen atoms in total. The average Bonchev–Trinajstić information content (AvgIpc) is 3.23. The number of hydrogen-bond donors (Lipinski definition) is 2. The van der Waals surface area contributed by atoms with Crippen LogP contribution >= 0.6 is 0 Å². The number of nitrogens with two attached hydrogens (primary N) is 1. The van der Waals surface area contributed by atoms with Gasteiger partial charge in [0.2, 0.25) is 5.91 Å². The number of ether oxygens (including phenoxy) is 1. The first-order valence-corrected chi connectivity index (χ1v) is 7.57. The first-order chi connectivity index (χ1) is 9.20. The summed E-state index contributed by atoms with van der Waals surface area (Å²) >= 11 is 0. The monoisotopic (exact) mass is 269 g/mol. The van der Waals surface area contributed by atoms with Gasteiger partial charge in [-0.3, -0.25) is 9.69 Å². The summed E-state index contributed by atoms with van der Waals surface area (Å²) in [5, 5.41) is 3.08. The molecule has 1 unspecified atom stereocenters. The lowest BCUT2D eigenvalue weighted by molar-refractivity contribution is -0.127. The van der Waals surface area contributed by atoms with Crippen molar-refractivity contribution in [2.75, 3.05) is 26.2 Å². The van der Waals surface area contributed by atoms with Crippen LogP contribution in [-0.2, 0) is 9.53 Å². The van der Waals surface area contributed by atoms with E-state index in [4.69, 9.17) is 10.5 Å². The molecule has 2 aliphatic rings. The van der Waals surface area contributed by atoms with Gasteiger partial charge in [0.05, 0.1) is 12.1 Å². The Labute approximate surface area is 115 Å². The van der Waals surface area contributed by atoms with Crippen molar-refractivity contribution >= 4 is 5.91 Å². The van der Waals surface area contributed by atoms with Crippen molar-refractivity contribution in [1.82, 2.24) is 10.2 Å². The van der Waals surface area contributed by atoms with Gasteiger partial charge in [-0.1, -0.05) is 0 Å². The minimum absolute atomic E-state index is 0.00871. The second-order valence-electron chi connectivity index (χ2n) is 5.71. The highest BCUT2D eigenvalue weighted by molar-refractivity contribution is 5.81. The molecule has 110 valence electrons. The number of carbonyl (C=O) groups excluding carboxylic acids is 1. The van der Waals surface area contributed by atoms with E-state index >= 15 is 0 Å². The number of hydrogen-bond acceptors (Lipinski definition) is 4. The van der Waals surface area contributed by atoms with Crippen LogP contribution in [0.4, 0.5) is 0 Å². The van der Waals surface area contributed by atoms with Crippen molar-refractivity contribution in [3.8, 4) is 0 Å². The number of likely N-dealkylation sites (tertiary alicyclic amines) is 1. The van der Waals surface area contributed by atoms with Crippen molar-refractivity contribution in [1.29, 1.82) is 0 Å². The molecule has 3 N–H and O–H groups in total. The first-order valence-electron chi connectivity index (χ1n) is 7.57. The largest absolute Gasteiger partial charge is 0.378 e. The Balaban J connectivity index is 1.65. The molecule has 1 heterocycles. The smallest absolute Gasteiger partial charge is 0.237 e. The summed E-state index contributed by atoms with van der Waals surface area (Å²) in [5.74, 6) is 0.185. The van der Waals surface area contributed by atoms with Gasteiger partial charge < -0.3 is 15.8 Å². The molecule has 1 aliphatic heterocycles. The van der Waals surface area contributed by atoms with Gasteiger partial charge in [0.15, 0.2) is 0 Å². The third-order valence-electron chi connectivity index (χ3n) is 4.03. The van der Waals surface area contributed by atoms with Crippen LogP contribution < -0.4 is 11.1 Å². The van der Waals surface area contributed by atoms with Crippen LogP contribution in [-0.4, -0.2) is 55.2 Å². The third kappa shape index (κ3) is 4.75. The Bertz CT molecular complexity index is 286. The molecular weight excluding hydrogens is 242 g/mol. The molecule has 1 atom stereocenters. The lowest BCUT2D eigenvalue weighted by Gasteiger charge is -2.35. The highest BCUT2D eigenvalue weighted by atomic mass is 16.5. The number of rotatable bonds is 7. The molecule has 1 aliphatic carbocycles. The van der Waals surface area contributed by atoms with E-state index in [1.165, 1.54) is 0 Å². The molecule has 0 spiro atoms. The molecule has 0 radical (unpaired) electrons. The van der Waals surface area contributed by atoms with Crippen LogP contribution in [0.3, 0.4) is 0 Å². The van der Waals surface area contributed by atoms with Gasteiger partial charge in [0.25, 0.3) is 0 Å². The summed E-state index contributed by atoms with van der Waals surface area (Å²) in [6.07, 6.45) is 5.62. The number of amides is 1. The molecule has 19 heavy (non-hydrogen) atoms. The molecule has 2 rings (SSSR count). The standard InChI is InChI=1S/C14H27N3O2/c1-11(14(18)16-12-3-4-12)17-8-5-13(6-9-17)19-10-2-7-15/h11-13H,2-10,15H2,1H3,(H,16,18). The fraction of sp³-hybridized carbons (Fsp3) is 0.929. The van der Waals surface area contributed by atoms with Crippen LogP contribution in [0.2, 0.25) is 0 Å². The normalized spacial score (nSPS) is 23.3. The lowest BCUT2D eigenvalue weighted by atomic mass is 10.1. The van der Waals surface area contributed by atoms with E-state index in [9.17, 15) is 4.79 Å². The fourth-order valence-electron chi connectivity index (χ4n) is 2.48. The van der Waals surface area contributed by atoms with Gasteiger partial charge in [-0.05, 0) is 45.6 Å². The minimum Gasteiger partial charge on any atom is -0.378 e. The predicted molar refractivity (Wildman–Crippen MR) is 74.8 cm³/mol. The quantitative estimate of drug-likeness (QED) is 0.660. The van der Waals surface area contributed by atoms with E-state index in [-0.39, 0.29) is 11.9 Å². The fourth-order valence-corrected chi connectivity index (χ4v) is 2.48. The van der Waals surface area contributed by atoms with Crippen LogP contribution in [0.15, 0.2) is 0 Å². The van der Waals surface area contributed by atoms with E-state index in [0.717, 1.165) is 51.8 Å². The number of carbonyl (C=O) groups is 1. The Kier molecular flexibility index (Phi) is 5.60. The average molecular weight is 269 g/mol. The van der Waals surface area contributed by atoms with E-state index in [1.54, 1.807) is 0 Å². The SMILES string of the molecule is CC(C(=O)NC1CC1)N1CCC(OCCCN)CC1. The van der Waals surface area contributed by atoms with Crippen molar-refractivity contribution in [3.63, 3.8) is 0 Å². The van der Waals surface area contributed by atoms with E-state index < -0.39 is 0 Å². The van der Waals surface area contributed by atoms with Crippen LogP contribution in [0.25, 0.3) is 0 Å². The maximum absolute atomic E-state index is 12.0. The van der Waals surface area contributed by atoms with E-state index in [2.05, 4.69) is 10.2 Å². The summed E-state index contributed by atoms with van der Waals surface area (Å²) in [5.41, 5.74) is 5.45. The Morgan fingerprint density at radius 2 is 2.05 bits per heavy atom. The summed E-state index contributed by atoms with van der Waals surface area (Å²) in [7, 11) is 0. The summed E-state index contributed by atoms with van der Waals surface area (Å²) in [6, 6.07) is 0.442. The lowest BCUT2D eigenvalue weighted by Crippen LogP contribution is -2.49. The zero-order chi connectivity index (χ0) is 13.7. The summed E-state index contributed by atoms with van der Waals surface area (Å²) in [6.45, 7) is 5.36. The van der Waals surface area contributed by atoms with Gasteiger partial charge in [0.1, 0.15) is 0 Å². The molecule has 0 aromatic carbocycles. The summed E-state index contributed by atoms with van der Waals surface area (Å²) < 4.78 is 5.78. The molecule has 1 amide bonds. The molecule has 0 bridgehead atoms. The highest BCUT2D eigenvalue weighted by Crippen LogP contribution is 2.20. The Morgan fingerprint density at radius 3 is 2.63 bits per heavy atom. The van der Waals surface area contributed by atoms with Gasteiger partial charge in [-0.25, -0.2) is 0 Å². The third-order valence-corrected chi connectivity index (χ3v) is 4.03. The molecule has 1 saturated heterocycles. The van der Waals surface area contributed by atoms with Gasteiger partial charge >= 0.3 is 0 Å². The summed E-state index contributed by atoms with van der Waals surface area (Å²) in [4.78, 5) is 14.3. The maximum atomic E-state index is 12.0.